The third kappa shape index (κ3) is 3.87. The summed E-state index contributed by atoms with van der Waals surface area (Å²) in [6.07, 6.45) is 3.27. The van der Waals surface area contributed by atoms with E-state index in [0.717, 1.165) is 11.1 Å². The molecule has 2 N–H and O–H groups in total. The predicted molar refractivity (Wildman–Crippen MR) is 115 cm³/mol. The molecule has 4 rings (SSSR count). The molecule has 0 heterocycles. The molecule has 0 atom stereocenters. The standard InChI is InChI=1S/C25H23NO3/c1-17-18(8-6-14-24(17)27)9-7-15-26-25(28)29-16-23-21-12-4-2-10-19(21)20-11-3-5-13-22(20)23/h2-14,23,27H,15-16H2,1H3,(H,26,28). The molecule has 0 bridgehead atoms. The highest BCUT2D eigenvalue weighted by molar-refractivity contribution is 5.79. The second kappa shape index (κ2) is 8.23. The van der Waals surface area contributed by atoms with E-state index in [9.17, 15) is 9.90 Å². The number of carbonyl (C=O) groups is 1. The van der Waals surface area contributed by atoms with Crippen LogP contribution in [0, 0.1) is 6.92 Å². The Morgan fingerprint density at radius 3 is 2.34 bits per heavy atom. The minimum atomic E-state index is -0.441. The van der Waals surface area contributed by atoms with Gasteiger partial charge in [-0.2, -0.15) is 0 Å². The zero-order chi connectivity index (χ0) is 20.2. The van der Waals surface area contributed by atoms with Gasteiger partial charge in [0.1, 0.15) is 12.4 Å². The van der Waals surface area contributed by atoms with Crippen molar-refractivity contribution in [2.24, 2.45) is 0 Å². The lowest BCUT2D eigenvalue weighted by atomic mass is 9.98. The molecule has 4 heteroatoms. The van der Waals surface area contributed by atoms with Gasteiger partial charge in [0.05, 0.1) is 0 Å². The fourth-order valence-corrected chi connectivity index (χ4v) is 3.80. The molecule has 29 heavy (non-hydrogen) atoms. The average Bonchev–Trinajstić information content (AvgIpc) is 3.06. The van der Waals surface area contributed by atoms with Crippen LogP contribution >= 0.6 is 0 Å². The van der Waals surface area contributed by atoms with Crippen molar-refractivity contribution in [3.8, 4) is 16.9 Å². The Balaban J connectivity index is 1.34. The lowest BCUT2D eigenvalue weighted by molar-refractivity contribution is 0.144. The maximum Gasteiger partial charge on any atom is 0.407 e. The fourth-order valence-electron chi connectivity index (χ4n) is 3.80. The molecule has 3 aromatic rings. The molecule has 0 aliphatic heterocycles. The lowest BCUT2D eigenvalue weighted by Gasteiger charge is -2.14. The number of alkyl carbamates (subject to hydrolysis) is 1. The number of fused-ring (bicyclic) bond motifs is 3. The Kier molecular flexibility index (Phi) is 5.34. The van der Waals surface area contributed by atoms with Gasteiger partial charge in [-0.1, -0.05) is 72.8 Å². The number of phenolic OH excluding ortho intramolecular Hbond substituents is 1. The summed E-state index contributed by atoms with van der Waals surface area (Å²) < 4.78 is 5.51. The van der Waals surface area contributed by atoms with Gasteiger partial charge in [-0.25, -0.2) is 4.79 Å². The summed E-state index contributed by atoms with van der Waals surface area (Å²) in [4.78, 5) is 12.1. The number of hydrogen-bond acceptors (Lipinski definition) is 3. The monoisotopic (exact) mass is 385 g/mol. The molecule has 0 unspecified atom stereocenters. The molecule has 0 fully saturated rings. The van der Waals surface area contributed by atoms with Crippen LogP contribution in [-0.2, 0) is 4.74 Å². The number of nitrogens with one attached hydrogen (secondary N) is 1. The summed E-state index contributed by atoms with van der Waals surface area (Å²) >= 11 is 0. The fraction of sp³-hybridized carbons (Fsp3) is 0.160. The number of carbonyl (C=O) groups excluding carboxylic acids is 1. The van der Waals surface area contributed by atoms with Crippen LogP contribution in [0.1, 0.15) is 28.2 Å². The molecule has 1 aliphatic carbocycles. The van der Waals surface area contributed by atoms with Crippen LogP contribution in [0.15, 0.2) is 72.8 Å². The molecule has 1 aliphatic rings. The Morgan fingerprint density at radius 1 is 1.00 bits per heavy atom. The molecule has 0 radical (unpaired) electrons. The van der Waals surface area contributed by atoms with Crippen LogP contribution in [0.2, 0.25) is 0 Å². The lowest BCUT2D eigenvalue weighted by Crippen LogP contribution is -2.26. The summed E-state index contributed by atoms with van der Waals surface area (Å²) in [6, 6.07) is 21.9. The summed E-state index contributed by atoms with van der Waals surface area (Å²) in [5, 5.41) is 12.5. The third-order valence-corrected chi connectivity index (χ3v) is 5.35. The minimum absolute atomic E-state index is 0.0543. The molecule has 0 saturated heterocycles. The zero-order valence-electron chi connectivity index (χ0n) is 16.3. The normalized spacial score (nSPS) is 12.6. The molecule has 3 aromatic carbocycles. The third-order valence-electron chi connectivity index (χ3n) is 5.35. The first-order chi connectivity index (χ1) is 14.1. The van der Waals surface area contributed by atoms with Crippen molar-refractivity contribution in [3.05, 3.63) is 95.1 Å². The van der Waals surface area contributed by atoms with Crippen LogP contribution in [0.25, 0.3) is 17.2 Å². The van der Waals surface area contributed by atoms with Crippen LogP contribution in [0.4, 0.5) is 4.79 Å². The molecule has 4 nitrogen and oxygen atoms in total. The zero-order valence-corrected chi connectivity index (χ0v) is 16.3. The predicted octanol–water partition coefficient (Wildman–Crippen LogP) is 5.25. The number of ether oxygens (including phenoxy) is 1. The summed E-state index contributed by atoms with van der Waals surface area (Å²) in [7, 11) is 0. The van der Waals surface area contributed by atoms with E-state index >= 15 is 0 Å². The summed E-state index contributed by atoms with van der Waals surface area (Å²) in [5.41, 5.74) is 6.54. The van der Waals surface area contributed by atoms with Crippen molar-refractivity contribution >= 4 is 12.2 Å². The van der Waals surface area contributed by atoms with Gasteiger partial charge < -0.3 is 15.2 Å². The van der Waals surface area contributed by atoms with E-state index < -0.39 is 6.09 Å². The molecule has 146 valence electrons. The number of rotatable bonds is 5. The first kappa shape index (κ1) is 18.8. The van der Waals surface area contributed by atoms with Gasteiger partial charge >= 0.3 is 6.09 Å². The topological polar surface area (TPSA) is 58.6 Å². The van der Waals surface area contributed by atoms with Crippen LogP contribution in [0.3, 0.4) is 0 Å². The summed E-state index contributed by atoms with van der Waals surface area (Å²) in [5.74, 6) is 0.315. The van der Waals surface area contributed by atoms with Crippen LogP contribution in [-0.4, -0.2) is 24.4 Å². The number of aromatic hydroxyl groups is 1. The molecule has 0 spiro atoms. The SMILES string of the molecule is Cc1c(O)cccc1C=CCNC(=O)OCC1c2ccccc2-c2ccccc21. The molecular weight excluding hydrogens is 362 g/mol. The number of benzene rings is 3. The Bertz CT molecular complexity index is 1030. The second-order valence-corrected chi connectivity index (χ2v) is 7.10. The van der Waals surface area contributed by atoms with Crippen molar-refractivity contribution in [1.82, 2.24) is 5.32 Å². The van der Waals surface area contributed by atoms with E-state index in [2.05, 4.69) is 29.6 Å². The first-order valence-electron chi connectivity index (χ1n) is 9.69. The van der Waals surface area contributed by atoms with E-state index in [1.54, 1.807) is 12.1 Å². The maximum atomic E-state index is 12.1. The maximum absolute atomic E-state index is 12.1. The van der Waals surface area contributed by atoms with Crippen molar-refractivity contribution in [1.29, 1.82) is 0 Å². The van der Waals surface area contributed by atoms with Crippen molar-refractivity contribution in [2.75, 3.05) is 13.2 Å². The largest absolute Gasteiger partial charge is 0.508 e. The molecule has 0 aromatic heterocycles. The second-order valence-electron chi connectivity index (χ2n) is 7.10. The smallest absolute Gasteiger partial charge is 0.407 e. The van der Waals surface area contributed by atoms with Gasteiger partial charge in [0.15, 0.2) is 0 Å². The first-order valence-corrected chi connectivity index (χ1v) is 9.69. The highest BCUT2D eigenvalue weighted by atomic mass is 16.5. The number of phenols is 1. The van der Waals surface area contributed by atoms with Gasteiger partial charge in [-0.3, -0.25) is 0 Å². The van der Waals surface area contributed by atoms with E-state index in [1.807, 2.05) is 49.4 Å². The summed E-state index contributed by atoms with van der Waals surface area (Å²) in [6.45, 7) is 2.51. The number of amides is 1. The van der Waals surface area contributed by atoms with Gasteiger partial charge in [0.25, 0.3) is 0 Å². The van der Waals surface area contributed by atoms with Gasteiger partial charge in [0, 0.05) is 12.5 Å². The number of hydrogen-bond donors (Lipinski definition) is 2. The van der Waals surface area contributed by atoms with E-state index in [-0.39, 0.29) is 11.7 Å². The van der Waals surface area contributed by atoms with Crippen molar-refractivity contribution in [2.45, 2.75) is 12.8 Å². The highest BCUT2D eigenvalue weighted by Gasteiger charge is 2.28. The van der Waals surface area contributed by atoms with Gasteiger partial charge in [-0.05, 0) is 46.4 Å². The quantitative estimate of drug-likeness (QED) is 0.630. The van der Waals surface area contributed by atoms with Crippen molar-refractivity contribution in [3.63, 3.8) is 0 Å². The minimum Gasteiger partial charge on any atom is -0.508 e. The Morgan fingerprint density at radius 2 is 1.66 bits per heavy atom. The average molecular weight is 385 g/mol. The van der Waals surface area contributed by atoms with Crippen molar-refractivity contribution < 1.29 is 14.6 Å². The van der Waals surface area contributed by atoms with Gasteiger partial charge in [0.2, 0.25) is 0 Å². The molecule has 0 saturated carbocycles. The van der Waals surface area contributed by atoms with Crippen LogP contribution < -0.4 is 5.32 Å². The Hall–Kier alpha value is -3.53. The van der Waals surface area contributed by atoms with E-state index in [0.29, 0.717) is 13.2 Å². The highest BCUT2D eigenvalue weighted by Crippen LogP contribution is 2.44. The molecule has 1 amide bonds. The molecular formula is C25H23NO3. The van der Waals surface area contributed by atoms with Gasteiger partial charge in [-0.15, -0.1) is 0 Å². The van der Waals surface area contributed by atoms with E-state index in [1.165, 1.54) is 22.3 Å². The van der Waals surface area contributed by atoms with E-state index in [4.69, 9.17) is 4.74 Å². The van der Waals surface area contributed by atoms with Crippen LogP contribution in [0.5, 0.6) is 5.75 Å². The Labute approximate surface area is 170 Å².